The van der Waals surface area contributed by atoms with Crippen LogP contribution in [0.1, 0.15) is 31.8 Å². The molecule has 3 rings (SSSR count). The fourth-order valence-corrected chi connectivity index (χ4v) is 3.91. The Bertz CT molecular complexity index is 1180. The number of anilines is 2. The van der Waals surface area contributed by atoms with Crippen molar-refractivity contribution in [2.75, 3.05) is 30.9 Å². The van der Waals surface area contributed by atoms with Crippen molar-refractivity contribution in [3.05, 3.63) is 70.5 Å². The second kappa shape index (κ2) is 10.7. The molecule has 178 valence electrons. The molecule has 0 bridgehead atoms. The van der Waals surface area contributed by atoms with Gasteiger partial charge in [0.25, 0.3) is 11.8 Å². The van der Waals surface area contributed by atoms with Crippen LogP contribution < -0.4 is 21.7 Å². The summed E-state index contributed by atoms with van der Waals surface area (Å²) in [5.41, 5.74) is 11.3. The van der Waals surface area contributed by atoms with Gasteiger partial charge in [0.15, 0.2) is 5.69 Å². The number of methoxy groups -OCH3 is 1. The maximum atomic E-state index is 13.7. The summed E-state index contributed by atoms with van der Waals surface area (Å²) in [7, 11) is 1.47. The summed E-state index contributed by atoms with van der Waals surface area (Å²) >= 11 is 0.654. The Morgan fingerprint density at radius 3 is 2.38 bits per heavy atom. The number of nitrogen functional groups attached to an aromatic ring is 1. The van der Waals surface area contributed by atoms with Crippen LogP contribution in [0.2, 0.25) is 0 Å². The first-order chi connectivity index (χ1) is 16.2. The molecule has 0 radical (unpaired) electrons. The summed E-state index contributed by atoms with van der Waals surface area (Å²) in [4.78, 5) is 39.6. The smallest absolute Gasteiger partial charge is 0.273 e. The van der Waals surface area contributed by atoms with Crippen LogP contribution in [0.15, 0.2) is 48.5 Å². The van der Waals surface area contributed by atoms with Crippen molar-refractivity contribution in [1.29, 1.82) is 0 Å². The second-order valence-corrected chi connectivity index (χ2v) is 7.84. The minimum Gasteiger partial charge on any atom is -0.508 e. The number of nitrogens with zero attached hydrogens (tertiary/aromatic N) is 2. The van der Waals surface area contributed by atoms with Crippen LogP contribution in [0.3, 0.4) is 0 Å². The number of rotatable bonds is 9. The Kier molecular flexibility index (Phi) is 7.76. The molecule has 2 aromatic carbocycles. The monoisotopic (exact) mass is 487 g/mol. The number of phenolic OH excluding ortho intramolecular Hbond substituents is 1. The van der Waals surface area contributed by atoms with E-state index in [9.17, 15) is 23.9 Å². The minimum atomic E-state index is -1.26. The highest BCUT2D eigenvalue weighted by Crippen LogP contribution is 2.33. The molecule has 1 atom stereocenters. The van der Waals surface area contributed by atoms with Crippen LogP contribution in [0.25, 0.3) is 0 Å². The third-order valence-electron chi connectivity index (χ3n) is 4.80. The Labute approximate surface area is 198 Å². The molecule has 34 heavy (non-hydrogen) atoms. The lowest BCUT2D eigenvalue weighted by Gasteiger charge is -2.31. The van der Waals surface area contributed by atoms with Gasteiger partial charge < -0.3 is 26.6 Å². The van der Waals surface area contributed by atoms with Gasteiger partial charge in [0.1, 0.15) is 22.5 Å². The number of carbonyl (C=O) groups excluding carboxylic acids is 3. The lowest BCUT2D eigenvalue weighted by atomic mass is 10.0. The number of aromatic nitrogens is 1. The van der Waals surface area contributed by atoms with Crippen LogP contribution in [0.4, 0.5) is 15.8 Å². The molecule has 3 amide bonds. The summed E-state index contributed by atoms with van der Waals surface area (Å²) in [6, 6.07) is 9.36. The number of benzene rings is 2. The van der Waals surface area contributed by atoms with Gasteiger partial charge in [-0.2, -0.15) is 4.37 Å². The molecule has 0 aliphatic rings. The van der Waals surface area contributed by atoms with E-state index in [0.717, 1.165) is 17.0 Å². The van der Waals surface area contributed by atoms with Crippen LogP contribution in [0.5, 0.6) is 5.75 Å². The average Bonchev–Trinajstić information content (AvgIpc) is 3.20. The maximum Gasteiger partial charge on any atom is 0.273 e. The van der Waals surface area contributed by atoms with Gasteiger partial charge in [0.2, 0.25) is 5.91 Å². The lowest BCUT2D eigenvalue weighted by molar-refractivity contribution is -0.122. The molecular weight excluding hydrogens is 465 g/mol. The van der Waals surface area contributed by atoms with E-state index >= 15 is 0 Å². The van der Waals surface area contributed by atoms with Gasteiger partial charge in [-0.1, -0.05) is 12.1 Å². The van der Waals surface area contributed by atoms with E-state index < -0.39 is 29.6 Å². The molecule has 0 saturated carbocycles. The molecule has 0 unspecified atom stereocenters. The van der Waals surface area contributed by atoms with Crippen LogP contribution in [-0.4, -0.2) is 47.5 Å². The van der Waals surface area contributed by atoms with Gasteiger partial charge in [0, 0.05) is 19.3 Å². The molecule has 1 aromatic heterocycles. The van der Waals surface area contributed by atoms with E-state index in [0.29, 0.717) is 17.1 Å². The van der Waals surface area contributed by atoms with Crippen molar-refractivity contribution < 1.29 is 28.6 Å². The number of halogens is 1. The first kappa shape index (κ1) is 24.6. The Morgan fingerprint density at radius 2 is 1.82 bits per heavy atom. The average molecular weight is 488 g/mol. The van der Waals surface area contributed by atoms with Gasteiger partial charge in [-0.25, -0.2) is 4.39 Å². The molecule has 10 nitrogen and oxygen atoms in total. The number of nitrogens with one attached hydrogen (secondary N) is 1. The molecule has 6 N–H and O–H groups in total. The van der Waals surface area contributed by atoms with E-state index in [1.165, 1.54) is 43.5 Å². The Balaban J connectivity index is 2.16. The molecular formula is C22H22FN5O5S. The molecule has 12 heteroatoms. The van der Waals surface area contributed by atoms with Gasteiger partial charge >= 0.3 is 0 Å². The topological polar surface area (TPSA) is 161 Å². The van der Waals surface area contributed by atoms with Crippen molar-refractivity contribution in [1.82, 2.24) is 9.69 Å². The first-order valence-corrected chi connectivity index (χ1v) is 10.7. The Morgan fingerprint density at radius 1 is 1.18 bits per heavy atom. The molecule has 1 heterocycles. The fourth-order valence-electron chi connectivity index (χ4n) is 3.17. The van der Waals surface area contributed by atoms with Crippen LogP contribution in [-0.2, 0) is 9.53 Å². The van der Waals surface area contributed by atoms with Crippen molar-refractivity contribution >= 4 is 40.6 Å². The summed E-state index contributed by atoms with van der Waals surface area (Å²) < 4.78 is 22.5. The molecule has 0 saturated heterocycles. The number of nitrogens with two attached hydrogens (primary N) is 2. The summed E-state index contributed by atoms with van der Waals surface area (Å²) in [6.45, 7) is 0.381. The number of hydrogen-bond acceptors (Lipinski definition) is 8. The maximum absolute atomic E-state index is 13.7. The van der Waals surface area contributed by atoms with Crippen LogP contribution in [0, 0.1) is 5.82 Å². The number of carbonyl (C=O) groups is 3. The standard InChI is InChI=1S/C22H22FN5O5S/c1-33-11-10-26-21(31)18(12-2-8-15(29)9-3-12)28(14-6-4-13(23)5-7-14)22(32)19-16(24)17(20(25)30)27-34-19/h2-9,18,29H,10-11,24H2,1H3,(H2,25,30)(H,26,31)/t18-/m1/s1. The minimum absolute atomic E-state index is 0.0419. The van der Waals surface area contributed by atoms with Crippen molar-refractivity contribution in [2.45, 2.75) is 6.04 Å². The number of amides is 3. The molecule has 0 aliphatic heterocycles. The highest BCUT2D eigenvalue weighted by Gasteiger charge is 2.36. The summed E-state index contributed by atoms with van der Waals surface area (Å²) in [5.74, 6) is -2.82. The molecule has 0 fully saturated rings. The summed E-state index contributed by atoms with van der Waals surface area (Å²) in [6.07, 6.45) is 0. The third kappa shape index (κ3) is 5.30. The number of ether oxygens (including phenoxy) is 1. The molecule has 0 aliphatic carbocycles. The predicted molar refractivity (Wildman–Crippen MR) is 124 cm³/mol. The zero-order valence-electron chi connectivity index (χ0n) is 18.0. The summed E-state index contributed by atoms with van der Waals surface area (Å²) in [5, 5.41) is 12.4. The van der Waals surface area contributed by atoms with E-state index in [4.69, 9.17) is 16.2 Å². The largest absolute Gasteiger partial charge is 0.508 e. The number of primary amides is 1. The van der Waals surface area contributed by atoms with E-state index in [1.54, 1.807) is 0 Å². The quantitative estimate of drug-likeness (QED) is 0.335. The van der Waals surface area contributed by atoms with Gasteiger partial charge in [-0.05, 0) is 53.5 Å². The van der Waals surface area contributed by atoms with E-state index in [-0.39, 0.29) is 40.8 Å². The number of hydrogen-bond donors (Lipinski definition) is 4. The highest BCUT2D eigenvalue weighted by atomic mass is 32.1. The van der Waals surface area contributed by atoms with Crippen molar-refractivity contribution in [3.8, 4) is 5.75 Å². The number of phenols is 1. The third-order valence-corrected chi connectivity index (χ3v) is 5.65. The first-order valence-electron chi connectivity index (χ1n) is 9.94. The predicted octanol–water partition coefficient (Wildman–Crippen LogP) is 1.82. The van der Waals surface area contributed by atoms with Crippen LogP contribution >= 0.6 is 11.5 Å². The zero-order valence-corrected chi connectivity index (χ0v) is 18.8. The molecule has 0 spiro atoms. The van der Waals surface area contributed by atoms with E-state index in [1.807, 2.05) is 0 Å². The zero-order chi connectivity index (χ0) is 24.8. The van der Waals surface area contributed by atoms with Gasteiger partial charge in [0.05, 0.1) is 12.3 Å². The number of aromatic hydroxyl groups is 1. The second-order valence-electron chi connectivity index (χ2n) is 7.07. The SMILES string of the molecule is COCCNC(=O)[C@@H](c1ccc(O)cc1)N(C(=O)c1snc(C(N)=O)c1N)c1ccc(F)cc1. The van der Waals surface area contributed by atoms with E-state index in [2.05, 4.69) is 9.69 Å². The van der Waals surface area contributed by atoms with Crippen molar-refractivity contribution in [2.24, 2.45) is 5.73 Å². The fraction of sp³-hybridized carbons (Fsp3) is 0.182. The van der Waals surface area contributed by atoms with Crippen molar-refractivity contribution in [3.63, 3.8) is 0 Å². The lowest BCUT2D eigenvalue weighted by Crippen LogP contribution is -2.44. The highest BCUT2D eigenvalue weighted by molar-refractivity contribution is 7.09. The Hall–Kier alpha value is -4.03. The van der Waals surface area contributed by atoms with Gasteiger partial charge in [-0.3, -0.25) is 19.3 Å². The normalized spacial score (nSPS) is 11.6. The molecule has 3 aromatic rings. The van der Waals surface area contributed by atoms with Gasteiger partial charge in [-0.15, -0.1) is 0 Å².